The van der Waals surface area contributed by atoms with Crippen molar-refractivity contribution < 1.29 is 14.3 Å². The zero-order valence-corrected chi connectivity index (χ0v) is 20.9. The summed E-state index contributed by atoms with van der Waals surface area (Å²) in [6, 6.07) is 16.3. The Morgan fingerprint density at radius 3 is 2.49 bits per heavy atom. The van der Waals surface area contributed by atoms with Crippen LogP contribution in [0, 0.1) is 0 Å². The van der Waals surface area contributed by atoms with E-state index in [-0.39, 0.29) is 22.8 Å². The number of nitrogens with zero attached hydrogens (tertiary/aromatic N) is 5. The number of nitrogens with one attached hydrogen (secondary N) is 1. The van der Waals surface area contributed by atoms with Crippen molar-refractivity contribution in [2.24, 2.45) is 0 Å². The minimum atomic E-state index is -0.297. The van der Waals surface area contributed by atoms with Gasteiger partial charge in [-0.05, 0) is 60.7 Å². The topological polar surface area (TPSA) is 102 Å². The first-order valence-corrected chi connectivity index (χ1v) is 12.3. The van der Waals surface area contributed by atoms with E-state index < -0.39 is 0 Å². The maximum absolute atomic E-state index is 13.0. The molecule has 1 fully saturated rings. The molecule has 4 heterocycles. The molecule has 0 unspecified atom stereocenters. The van der Waals surface area contributed by atoms with Crippen LogP contribution in [-0.4, -0.2) is 56.7 Å². The second-order valence-electron chi connectivity index (χ2n) is 8.72. The monoisotopic (exact) mass is 516 g/mol. The first-order valence-electron chi connectivity index (χ1n) is 11.9. The van der Waals surface area contributed by atoms with Crippen LogP contribution in [0.1, 0.15) is 45.0 Å². The van der Waals surface area contributed by atoms with E-state index in [1.807, 2.05) is 41.4 Å². The van der Waals surface area contributed by atoms with Crippen molar-refractivity contribution in [3.63, 3.8) is 0 Å². The highest BCUT2D eigenvalue weighted by molar-refractivity contribution is 6.30. The number of pyridine rings is 2. The largest absolute Gasteiger partial charge is 0.481 e. The molecule has 1 N–H and O–H groups in total. The zero-order chi connectivity index (χ0) is 25.8. The Balaban J connectivity index is 1.16. The quantitative estimate of drug-likeness (QED) is 0.376. The van der Waals surface area contributed by atoms with E-state index in [9.17, 15) is 9.59 Å². The van der Waals surface area contributed by atoms with Crippen LogP contribution < -0.4 is 10.1 Å². The molecule has 0 spiro atoms. The summed E-state index contributed by atoms with van der Waals surface area (Å²) in [7, 11) is 1.47. The number of ether oxygens (including phenoxy) is 1. The van der Waals surface area contributed by atoms with Crippen LogP contribution in [0.25, 0.3) is 5.82 Å². The Kier molecular flexibility index (Phi) is 7.14. The third-order valence-electron chi connectivity index (χ3n) is 6.40. The molecule has 0 atom stereocenters. The highest BCUT2D eigenvalue weighted by atomic mass is 35.5. The van der Waals surface area contributed by atoms with Crippen LogP contribution in [0.5, 0.6) is 5.88 Å². The molecule has 9 nitrogen and oxygen atoms in total. The number of rotatable bonds is 6. The maximum Gasteiger partial charge on any atom is 0.255 e. The molecule has 5 rings (SSSR count). The number of hydrogen-bond donors (Lipinski definition) is 1. The summed E-state index contributed by atoms with van der Waals surface area (Å²) >= 11 is 5.97. The van der Waals surface area contributed by atoms with E-state index in [0.29, 0.717) is 41.6 Å². The first-order chi connectivity index (χ1) is 18.0. The molecule has 1 saturated heterocycles. The molecule has 1 aliphatic rings. The fraction of sp³-hybridized carbons (Fsp3) is 0.222. The minimum Gasteiger partial charge on any atom is -0.481 e. The summed E-state index contributed by atoms with van der Waals surface area (Å²) in [4.78, 5) is 35.8. The normalized spacial score (nSPS) is 13.8. The van der Waals surface area contributed by atoms with E-state index in [4.69, 9.17) is 16.3 Å². The smallest absolute Gasteiger partial charge is 0.255 e. The number of halogens is 1. The van der Waals surface area contributed by atoms with Gasteiger partial charge in [-0.1, -0.05) is 23.7 Å². The highest BCUT2D eigenvalue weighted by Gasteiger charge is 2.25. The van der Waals surface area contributed by atoms with Gasteiger partial charge in [-0.2, -0.15) is 5.10 Å². The third-order valence-corrected chi connectivity index (χ3v) is 6.59. The van der Waals surface area contributed by atoms with Crippen molar-refractivity contribution >= 4 is 29.1 Å². The molecular weight excluding hydrogens is 492 g/mol. The van der Waals surface area contributed by atoms with E-state index >= 15 is 0 Å². The number of aromatic nitrogens is 4. The second-order valence-corrected chi connectivity index (χ2v) is 9.11. The van der Waals surface area contributed by atoms with Gasteiger partial charge >= 0.3 is 0 Å². The lowest BCUT2D eigenvalue weighted by atomic mass is 9.89. The van der Waals surface area contributed by atoms with Crippen molar-refractivity contribution in [1.29, 1.82) is 0 Å². The lowest BCUT2D eigenvalue weighted by molar-refractivity contribution is 0.0712. The summed E-state index contributed by atoms with van der Waals surface area (Å²) in [5.41, 5.74) is 2.80. The number of carbonyl (C=O) groups is 2. The van der Waals surface area contributed by atoms with Gasteiger partial charge in [0.25, 0.3) is 11.8 Å². The van der Waals surface area contributed by atoms with Gasteiger partial charge in [-0.15, -0.1) is 0 Å². The molecule has 0 radical (unpaired) electrons. The number of benzene rings is 1. The van der Waals surface area contributed by atoms with E-state index in [1.54, 1.807) is 29.2 Å². The number of amides is 2. The molecule has 1 aromatic carbocycles. The Hall–Kier alpha value is -4.24. The SMILES string of the molecule is COc1cc(C(=O)Nc2ccc(C3CCN(C(=O)c4ccc(-n5cccn5)nc4)CC3)cc2)cc(Cl)n1. The van der Waals surface area contributed by atoms with Gasteiger partial charge in [-0.3, -0.25) is 9.59 Å². The summed E-state index contributed by atoms with van der Waals surface area (Å²) < 4.78 is 6.73. The standard InChI is InChI=1S/C27H25ClN6O3/c1-37-25-16-21(15-23(28)32-25)26(35)31-22-6-3-18(4-7-22)19-9-13-33(14-10-19)27(36)20-5-8-24(29-17-20)34-12-2-11-30-34/h2-8,11-12,15-17,19H,9-10,13-14H2,1H3,(H,31,35). The van der Waals surface area contributed by atoms with Crippen molar-refractivity contribution in [1.82, 2.24) is 24.6 Å². The van der Waals surface area contributed by atoms with Crippen molar-refractivity contribution in [3.8, 4) is 11.7 Å². The highest BCUT2D eigenvalue weighted by Crippen LogP contribution is 2.29. The summed E-state index contributed by atoms with van der Waals surface area (Å²) in [5.74, 6) is 0.986. The van der Waals surface area contributed by atoms with Crippen LogP contribution in [0.15, 0.2) is 73.2 Å². The molecule has 0 aliphatic carbocycles. The number of hydrogen-bond acceptors (Lipinski definition) is 6. The number of likely N-dealkylation sites (tertiary alicyclic amines) is 1. The van der Waals surface area contributed by atoms with E-state index in [1.165, 1.54) is 24.8 Å². The number of methoxy groups -OCH3 is 1. The van der Waals surface area contributed by atoms with E-state index in [0.717, 1.165) is 12.8 Å². The molecule has 1 aliphatic heterocycles. The van der Waals surface area contributed by atoms with Gasteiger partial charge in [0.15, 0.2) is 5.82 Å². The summed E-state index contributed by atoms with van der Waals surface area (Å²) in [6.07, 6.45) is 6.83. The lowest BCUT2D eigenvalue weighted by Crippen LogP contribution is -2.38. The number of anilines is 1. The van der Waals surface area contributed by atoms with Gasteiger partial charge in [0.1, 0.15) is 5.15 Å². The van der Waals surface area contributed by atoms with Gasteiger partial charge in [-0.25, -0.2) is 14.6 Å². The average Bonchev–Trinajstić information content (AvgIpc) is 3.48. The molecule has 4 aromatic rings. The average molecular weight is 517 g/mol. The predicted octanol–water partition coefficient (Wildman–Crippen LogP) is 4.60. The van der Waals surface area contributed by atoms with Crippen LogP contribution >= 0.6 is 11.6 Å². The molecule has 37 heavy (non-hydrogen) atoms. The van der Waals surface area contributed by atoms with Crippen LogP contribution in [0.2, 0.25) is 5.15 Å². The molecule has 10 heteroatoms. The Morgan fingerprint density at radius 1 is 1.05 bits per heavy atom. The number of piperidine rings is 1. The Bertz CT molecular complexity index is 1380. The second kappa shape index (κ2) is 10.8. The van der Waals surface area contributed by atoms with Crippen LogP contribution in [0.4, 0.5) is 5.69 Å². The fourth-order valence-corrected chi connectivity index (χ4v) is 4.60. The lowest BCUT2D eigenvalue weighted by Gasteiger charge is -2.32. The van der Waals surface area contributed by atoms with Crippen molar-refractivity contribution in [2.45, 2.75) is 18.8 Å². The van der Waals surface area contributed by atoms with Gasteiger partial charge in [0.2, 0.25) is 5.88 Å². The van der Waals surface area contributed by atoms with Crippen molar-refractivity contribution in [2.75, 3.05) is 25.5 Å². The van der Waals surface area contributed by atoms with Crippen molar-refractivity contribution in [3.05, 3.63) is 95.0 Å². The zero-order valence-electron chi connectivity index (χ0n) is 20.2. The minimum absolute atomic E-state index is 0.0103. The molecule has 0 saturated carbocycles. The van der Waals surface area contributed by atoms with E-state index in [2.05, 4.69) is 20.4 Å². The summed E-state index contributed by atoms with van der Waals surface area (Å²) in [6.45, 7) is 1.35. The molecule has 0 bridgehead atoms. The van der Waals surface area contributed by atoms with Crippen LogP contribution in [-0.2, 0) is 0 Å². The van der Waals surface area contributed by atoms with Gasteiger partial charge in [0.05, 0.1) is 12.7 Å². The molecular formula is C27H25ClN6O3. The predicted molar refractivity (Wildman–Crippen MR) is 139 cm³/mol. The number of carbonyl (C=O) groups excluding carboxylic acids is 2. The first kappa shape index (κ1) is 24.5. The fourth-order valence-electron chi connectivity index (χ4n) is 4.40. The molecule has 3 aromatic heterocycles. The summed E-state index contributed by atoms with van der Waals surface area (Å²) in [5, 5.41) is 7.22. The Morgan fingerprint density at radius 2 is 1.84 bits per heavy atom. The molecule has 188 valence electrons. The Labute approximate surface area is 219 Å². The van der Waals surface area contributed by atoms with Gasteiger partial charge in [0, 0.05) is 49.0 Å². The van der Waals surface area contributed by atoms with Gasteiger partial charge < -0.3 is 15.0 Å². The molecule has 2 amide bonds. The third kappa shape index (κ3) is 5.62. The van der Waals surface area contributed by atoms with Crippen LogP contribution in [0.3, 0.4) is 0 Å². The maximum atomic E-state index is 13.0.